The third kappa shape index (κ3) is 6.20. The lowest BCUT2D eigenvalue weighted by Gasteiger charge is -2.46. The van der Waals surface area contributed by atoms with Gasteiger partial charge in [-0.05, 0) is 62.1 Å². The van der Waals surface area contributed by atoms with Crippen LogP contribution in [0.3, 0.4) is 0 Å². The van der Waals surface area contributed by atoms with Crippen LogP contribution in [0.4, 0.5) is 4.79 Å². The molecule has 2 fully saturated rings. The highest BCUT2D eigenvalue weighted by molar-refractivity contribution is 5.74. The minimum absolute atomic E-state index is 0.0453. The van der Waals surface area contributed by atoms with Gasteiger partial charge in [-0.3, -0.25) is 4.98 Å². The fourth-order valence-corrected chi connectivity index (χ4v) is 4.69. The molecule has 3 heterocycles. The van der Waals surface area contributed by atoms with Crippen molar-refractivity contribution < 1.29 is 14.3 Å². The summed E-state index contributed by atoms with van der Waals surface area (Å²) in [5.74, 6) is 1.49. The van der Waals surface area contributed by atoms with Crippen LogP contribution >= 0.6 is 0 Å². The van der Waals surface area contributed by atoms with Gasteiger partial charge < -0.3 is 19.7 Å². The van der Waals surface area contributed by atoms with Gasteiger partial charge in [-0.1, -0.05) is 30.3 Å². The number of amides is 2. The maximum Gasteiger partial charge on any atom is 0.317 e. The minimum atomic E-state index is -0.0690. The zero-order valence-corrected chi connectivity index (χ0v) is 18.2. The first-order valence-corrected chi connectivity index (χ1v) is 11.5. The molecule has 2 amide bonds. The second-order valence-corrected chi connectivity index (χ2v) is 8.66. The SMILES string of the molecule is O=C(NCCc1ccccc1)N1CCC2(CC1)CC(CCOc1ccncc1)CCO2. The number of carbonyl (C=O) groups is 1. The molecule has 6 nitrogen and oxygen atoms in total. The predicted octanol–water partition coefficient (Wildman–Crippen LogP) is 4.06. The van der Waals surface area contributed by atoms with Gasteiger partial charge in [-0.25, -0.2) is 4.79 Å². The zero-order chi connectivity index (χ0) is 21.4. The van der Waals surface area contributed by atoms with E-state index in [1.165, 1.54) is 5.56 Å². The highest BCUT2D eigenvalue weighted by atomic mass is 16.5. The van der Waals surface area contributed by atoms with Crippen molar-refractivity contribution in [2.24, 2.45) is 5.92 Å². The largest absolute Gasteiger partial charge is 0.493 e. The Morgan fingerprint density at radius 1 is 1.16 bits per heavy atom. The maximum absolute atomic E-state index is 12.6. The van der Waals surface area contributed by atoms with Gasteiger partial charge in [0, 0.05) is 38.6 Å². The molecule has 2 saturated heterocycles. The Hall–Kier alpha value is -2.60. The van der Waals surface area contributed by atoms with Crippen molar-refractivity contribution in [3.63, 3.8) is 0 Å². The van der Waals surface area contributed by atoms with Crippen LogP contribution in [0, 0.1) is 5.92 Å². The number of piperidine rings is 1. The van der Waals surface area contributed by atoms with E-state index in [1.54, 1.807) is 12.4 Å². The Bertz CT molecular complexity index is 807. The fourth-order valence-electron chi connectivity index (χ4n) is 4.69. The number of urea groups is 1. The number of ether oxygens (including phenoxy) is 2. The standard InChI is InChI=1S/C25H33N3O3/c29-24(27-15-6-21-4-2-1-3-5-21)28-16-11-25(12-17-28)20-22(10-19-31-25)9-18-30-23-7-13-26-14-8-23/h1-5,7-8,13-14,22H,6,9-12,15-20H2,(H,27,29). The van der Waals surface area contributed by atoms with E-state index in [2.05, 4.69) is 22.4 Å². The summed E-state index contributed by atoms with van der Waals surface area (Å²) >= 11 is 0. The monoisotopic (exact) mass is 423 g/mol. The highest BCUT2D eigenvalue weighted by Crippen LogP contribution is 2.38. The van der Waals surface area contributed by atoms with Crippen LogP contribution in [0.25, 0.3) is 0 Å². The number of benzene rings is 1. The first kappa shape index (κ1) is 21.6. The van der Waals surface area contributed by atoms with Gasteiger partial charge in [-0.15, -0.1) is 0 Å². The second-order valence-electron chi connectivity index (χ2n) is 8.66. The summed E-state index contributed by atoms with van der Waals surface area (Å²) in [6, 6.07) is 14.1. The third-order valence-electron chi connectivity index (χ3n) is 6.53. The summed E-state index contributed by atoms with van der Waals surface area (Å²) in [6.07, 6.45) is 9.39. The van der Waals surface area contributed by atoms with E-state index in [0.29, 0.717) is 12.5 Å². The second kappa shape index (κ2) is 10.6. The summed E-state index contributed by atoms with van der Waals surface area (Å²) in [6.45, 7) is 3.72. The molecule has 166 valence electrons. The molecule has 1 N–H and O–H groups in total. The van der Waals surface area contributed by atoms with Gasteiger partial charge in [0.25, 0.3) is 0 Å². The summed E-state index contributed by atoms with van der Waals surface area (Å²) in [7, 11) is 0. The van der Waals surface area contributed by atoms with Gasteiger partial charge in [0.05, 0.1) is 12.2 Å². The molecule has 1 aromatic heterocycles. The number of hydrogen-bond donors (Lipinski definition) is 1. The van der Waals surface area contributed by atoms with E-state index in [-0.39, 0.29) is 11.6 Å². The normalized spacial score (nSPS) is 20.4. The van der Waals surface area contributed by atoms with Crippen molar-refractivity contribution >= 4 is 6.03 Å². The Morgan fingerprint density at radius 2 is 1.94 bits per heavy atom. The Morgan fingerprint density at radius 3 is 2.71 bits per heavy atom. The van der Waals surface area contributed by atoms with E-state index in [4.69, 9.17) is 9.47 Å². The number of aromatic nitrogens is 1. The molecule has 0 bridgehead atoms. The smallest absolute Gasteiger partial charge is 0.317 e. The Balaban J connectivity index is 1.17. The lowest BCUT2D eigenvalue weighted by Crippen LogP contribution is -2.53. The molecule has 1 aromatic carbocycles. The molecule has 1 spiro atoms. The molecule has 0 saturated carbocycles. The topological polar surface area (TPSA) is 63.7 Å². The number of likely N-dealkylation sites (tertiary alicyclic amines) is 1. The number of nitrogens with zero attached hydrogens (tertiary/aromatic N) is 2. The lowest BCUT2D eigenvalue weighted by molar-refractivity contribution is -0.124. The first-order valence-electron chi connectivity index (χ1n) is 11.5. The molecule has 2 aliphatic heterocycles. The molecule has 1 unspecified atom stereocenters. The molecular weight excluding hydrogens is 390 g/mol. The van der Waals surface area contributed by atoms with Gasteiger partial charge in [0.2, 0.25) is 0 Å². The van der Waals surface area contributed by atoms with Crippen LogP contribution in [0.2, 0.25) is 0 Å². The number of rotatable bonds is 7. The summed E-state index contributed by atoms with van der Waals surface area (Å²) in [5, 5.41) is 3.07. The average Bonchev–Trinajstić information content (AvgIpc) is 2.81. The van der Waals surface area contributed by atoms with Crippen molar-refractivity contribution in [1.82, 2.24) is 15.2 Å². The molecule has 31 heavy (non-hydrogen) atoms. The lowest BCUT2D eigenvalue weighted by atomic mass is 9.78. The third-order valence-corrected chi connectivity index (χ3v) is 6.53. The zero-order valence-electron chi connectivity index (χ0n) is 18.2. The molecule has 2 aromatic rings. The van der Waals surface area contributed by atoms with Crippen LogP contribution in [-0.2, 0) is 11.2 Å². The molecular formula is C25H33N3O3. The van der Waals surface area contributed by atoms with Crippen molar-refractivity contribution in [1.29, 1.82) is 0 Å². The van der Waals surface area contributed by atoms with E-state index in [0.717, 1.165) is 70.6 Å². The summed E-state index contributed by atoms with van der Waals surface area (Å²) in [4.78, 5) is 18.5. The number of pyridine rings is 1. The summed E-state index contributed by atoms with van der Waals surface area (Å²) in [5.41, 5.74) is 1.18. The van der Waals surface area contributed by atoms with Crippen molar-refractivity contribution in [2.45, 2.75) is 44.1 Å². The van der Waals surface area contributed by atoms with Crippen LogP contribution in [0.5, 0.6) is 5.75 Å². The number of hydrogen-bond acceptors (Lipinski definition) is 4. The fraction of sp³-hybridized carbons (Fsp3) is 0.520. The Kier molecular flexibility index (Phi) is 7.41. The van der Waals surface area contributed by atoms with Crippen molar-refractivity contribution in [3.8, 4) is 5.75 Å². The predicted molar refractivity (Wildman–Crippen MR) is 120 cm³/mol. The Labute approximate surface area is 185 Å². The van der Waals surface area contributed by atoms with Crippen molar-refractivity contribution in [2.75, 3.05) is 32.8 Å². The van der Waals surface area contributed by atoms with Crippen molar-refractivity contribution in [3.05, 3.63) is 60.4 Å². The van der Waals surface area contributed by atoms with Gasteiger partial charge in [0.1, 0.15) is 5.75 Å². The molecule has 2 aliphatic rings. The van der Waals surface area contributed by atoms with Gasteiger partial charge in [0.15, 0.2) is 0 Å². The minimum Gasteiger partial charge on any atom is -0.493 e. The van der Waals surface area contributed by atoms with Crippen LogP contribution in [0.1, 0.15) is 37.7 Å². The maximum atomic E-state index is 12.6. The first-order chi connectivity index (χ1) is 15.2. The number of carbonyl (C=O) groups excluding carboxylic acids is 1. The van der Waals surface area contributed by atoms with Crippen LogP contribution < -0.4 is 10.1 Å². The van der Waals surface area contributed by atoms with E-state index >= 15 is 0 Å². The van der Waals surface area contributed by atoms with Crippen LogP contribution in [0.15, 0.2) is 54.9 Å². The average molecular weight is 424 g/mol. The molecule has 1 atom stereocenters. The molecule has 6 heteroatoms. The van der Waals surface area contributed by atoms with E-state index < -0.39 is 0 Å². The number of nitrogens with one attached hydrogen (secondary N) is 1. The molecule has 0 radical (unpaired) electrons. The highest BCUT2D eigenvalue weighted by Gasteiger charge is 2.41. The quantitative estimate of drug-likeness (QED) is 0.729. The van der Waals surface area contributed by atoms with E-state index in [9.17, 15) is 4.79 Å². The van der Waals surface area contributed by atoms with Gasteiger partial charge >= 0.3 is 6.03 Å². The summed E-state index contributed by atoms with van der Waals surface area (Å²) < 4.78 is 12.1. The van der Waals surface area contributed by atoms with E-state index in [1.807, 2.05) is 35.2 Å². The molecule has 4 rings (SSSR count). The molecule has 0 aliphatic carbocycles. The van der Waals surface area contributed by atoms with Gasteiger partial charge in [-0.2, -0.15) is 0 Å². The van der Waals surface area contributed by atoms with Crippen LogP contribution in [-0.4, -0.2) is 54.4 Å².